The molecule has 16 heavy (non-hydrogen) atoms. The summed E-state index contributed by atoms with van der Waals surface area (Å²) in [7, 11) is -3.19. The molecule has 0 spiro atoms. The average molecular weight is 243 g/mol. The molecule has 5 nitrogen and oxygen atoms in total. The molecular formula is C10H17N3O2S. The van der Waals surface area contributed by atoms with Gasteiger partial charge < -0.3 is 0 Å². The Morgan fingerprint density at radius 2 is 2.00 bits per heavy atom. The van der Waals surface area contributed by atoms with Crippen molar-refractivity contribution in [2.24, 2.45) is 0 Å². The fraction of sp³-hybridized carbons (Fsp3) is 0.600. The Morgan fingerprint density at radius 3 is 2.50 bits per heavy atom. The maximum absolute atomic E-state index is 11.0. The Bertz CT molecular complexity index is 463. The third-order valence-corrected chi connectivity index (χ3v) is 2.69. The topological polar surface area (TPSA) is 72.0 Å². The van der Waals surface area contributed by atoms with Gasteiger partial charge in [0, 0.05) is 23.7 Å². The number of sulfonamides is 1. The van der Waals surface area contributed by atoms with Gasteiger partial charge in [-0.1, -0.05) is 20.8 Å². The minimum atomic E-state index is -3.19. The predicted molar refractivity (Wildman–Crippen MR) is 62.4 cm³/mol. The highest BCUT2D eigenvalue weighted by Crippen LogP contribution is 2.22. The molecule has 0 saturated heterocycles. The monoisotopic (exact) mass is 243 g/mol. The Labute approximate surface area is 96.4 Å². The van der Waals surface area contributed by atoms with Crippen molar-refractivity contribution in [3.63, 3.8) is 0 Å². The zero-order valence-corrected chi connectivity index (χ0v) is 10.8. The molecule has 0 saturated carbocycles. The fourth-order valence-electron chi connectivity index (χ4n) is 1.37. The second kappa shape index (κ2) is 4.47. The van der Waals surface area contributed by atoms with Crippen molar-refractivity contribution < 1.29 is 8.42 Å². The zero-order chi connectivity index (χ0) is 12.4. The molecule has 0 amide bonds. The first-order chi connectivity index (χ1) is 7.20. The summed E-state index contributed by atoms with van der Waals surface area (Å²) in [4.78, 5) is 8.12. The van der Waals surface area contributed by atoms with E-state index in [0.717, 1.165) is 17.5 Å². The van der Waals surface area contributed by atoms with Crippen LogP contribution in [0.4, 0.5) is 0 Å². The SMILES string of the molecule is CC(C)(C)c1ncncc1CNS(C)(=O)=O. The Balaban J connectivity index is 2.97. The third-order valence-electron chi connectivity index (χ3n) is 2.02. The first-order valence-electron chi connectivity index (χ1n) is 4.94. The quantitative estimate of drug-likeness (QED) is 0.853. The zero-order valence-electron chi connectivity index (χ0n) is 9.98. The van der Waals surface area contributed by atoms with Gasteiger partial charge in [0.25, 0.3) is 0 Å². The van der Waals surface area contributed by atoms with E-state index in [1.165, 1.54) is 6.33 Å². The number of rotatable bonds is 3. The molecule has 0 radical (unpaired) electrons. The molecule has 0 aliphatic heterocycles. The van der Waals surface area contributed by atoms with Crippen LogP contribution in [0.2, 0.25) is 0 Å². The van der Waals surface area contributed by atoms with E-state index in [-0.39, 0.29) is 12.0 Å². The maximum atomic E-state index is 11.0. The summed E-state index contributed by atoms with van der Waals surface area (Å²) >= 11 is 0. The smallest absolute Gasteiger partial charge is 0.209 e. The highest BCUT2D eigenvalue weighted by Gasteiger charge is 2.19. The van der Waals surface area contributed by atoms with Crippen molar-refractivity contribution in [1.82, 2.24) is 14.7 Å². The lowest BCUT2D eigenvalue weighted by molar-refractivity contribution is 0.552. The van der Waals surface area contributed by atoms with Crippen LogP contribution < -0.4 is 4.72 Å². The number of nitrogens with zero attached hydrogens (tertiary/aromatic N) is 2. The largest absolute Gasteiger partial charge is 0.244 e. The van der Waals surface area contributed by atoms with E-state index in [1.54, 1.807) is 6.20 Å². The molecule has 0 bridgehead atoms. The van der Waals surface area contributed by atoms with Crippen LogP contribution in [0.25, 0.3) is 0 Å². The van der Waals surface area contributed by atoms with Crippen molar-refractivity contribution in [2.75, 3.05) is 6.26 Å². The van der Waals surface area contributed by atoms with Crippen LogP contribution in [0.3, 0.4) is 0 Å². The van der Waals surface area contributed by atoms with Gasteiger partial charge >= 0.3 is 0 Å². The fourth-order valence-corrected chi connectivity index (χ4v) is 1.79. The molecule has 0 fully saturated rings. The lowest BCUT2D eigenvalue weighted by Gasteiger charge is -2.20. The minimum Gasteiger partial charge on any atom is -0.244 e. The Morgan fingerprint density at radius 1 is 1.38 bits per heavy atom. The standard InChI is InChI=1S/C10H17N3O2S/c1-10(2,3)9-8(5-11-7-12-9)6-13-16(4,14)15/h5,7,13H,6H2,1-4H3. The van der Waals surface area contributed by atoms with Crippen LogP contribution in [0.1, 0.15) is 32.0 Å². The second-order valence-electron chi connectivity index (χ2n) is 4.74. The summed E-state index contributed by atoms with van der Waals surface area (Å²) in [6.45, 7) is 6.31. The van der Waals surface area contributed by atoms with E-state index in [0.29, 0.717) is 0 Å². The summed E-state index contributed by atoms with van der Waals surface area (Å²) in [6, 6.07) is 0. The molecule has 1 N–H and O–H groups in total. The number of aromatic nitrogens is 2. The van der Waals surface area contributed by atoms with Crippen LogP contribution in [-0.2, 0) is 22.0 Å². The van der Waals surface area contributed by atoms with Gasteiger partial charge in [-0.2, -0.15) is 0 Å². The van der Waals surface area contributed by atoms with E-state index >= 15 is 0 Å². The molecule has 6 heteroatoms. The molecule has 1 aromatic heterocycles. The van der Waals surface area contributed by atoms with Crippen LogP contribution in [0.5, 0.6) is 0 Å². The van der Waals surface area contributed by atoms with Crippen LogP contribution >= 0.6 is 0 Å². The van der Waals surface area contributed by atoms with Gasteiger partial charge in [0.1, 0.15) is 6.33 Å². The molecule has 0 atom stereocenters. The maximum Gasteiger partial charge on any atom is 0.209 e. The summed E-state index contributed by atoms with van der Waals surface area (Å²) in [5, 5.41) is 0. The van der Waals surface area contributed by atoms with Crippen molar-refractivity contribution in [1.29, 1.82) is 0 Å². The number of hydrogen-bond acceptors (Lipinski definition) is 4. The Kier molecular flexibility index (Phi) is 3.64. The molecule has 0 aromatic carbocycles. The van der Waals surface area contributed by atoms with Crippen molar-refractivity contribution >= 4 is 10.0 Å². The number of nitrogens with one attached hydrogen (secondary N) is 1. The van der Waals surface area contributed by atoms with Gasteiger partial charge in [0.2, 0.25) is 10.0 Å². The third kappa shape index (κ3) is 3.86. The van der Waals surface area contributed by atoms with Crippen LogP contribution in [0, 0.1) is 0 Å². The van der Waals surface area contributed by atoms with Gasteiger partial charge in [0.05, 0.1) is 11.9 Å². The molecule has 0 aliphatic rings. The molecule has 0 unspecified atom stereocenters. The van der Waals surface area contributed by atoms with Crippen molar-refractivity contribution in [2.45, 2.75) is 32.7 Å². The minimum absolute atomic E-state index is 0.128. The predicted octanol–water partition coefficient (Wildman–Crippen LogP) is 0.823. The highest BCUT2D eigenvalue weighted by atomic mass is 32.2. The summed E-state index contributed by atoms with van der Waals surface area (Å²) in [6.07, 6.45) is 4.25. The normalized spacial score (nSPS) is 12.8. The van der Waals surface area contributed by atoms with Crippen molar-refractivity contribution in [3.8, 4) is 0 Å². The summed E-state index contributed by atoms with van der Waals surface area (Å²) < 4.78 is 24.5. The first kappa shape index (κ1) is 13.1. The van der Waals surface area contributed by atoms with E-state index in [9.17, 15) is 8.42 Å². The average Bonchev–Trinajstić information content (AvgIpc) is 2.12. The van der Waals surface area contributed by atoms with Gasteiger partial charge in [0.15, 0.2) is 0 Å². The van der Waals surface area contributed by atoms with E-state index in [2.05, 4.69) is 14.7 Å². The Hall–Kier alpha value is -1.01. The van der Waals surface area contributed by atoms with E-state index in [1.807, 2.05) is 20.8 Å². The van der Waals surface area contributed by atoms with Crippen LogP contribution in [-0.4, -0.2) is 24.6 Å². The van der Waals surface area contributed by atoms with E-state index < -0.39 is 10.0 Å². The molecule has 1 aromatic rings. The molecular weight excluding hydrogens is 226 g/mol. The second-order valence-corrected chi connectivity index (χ2v) is 6.57. The lowest BCUT2D eigenvalue weighted by Crippen LogP contribution is -2.25. The first-order valence-corrected chi connectivity index (χ1v) is 6.83. The summed E-state index contributed by atoms with van der Waals surface area (Å²) in [5.41, 5.74) is 1.54. The van der Waals surface area contributed by atoms with Gasteiger partial charge in [-0.3, -0.25) is 0 Å². The highest BCUT2D eigenvalue weighted by molar-refractivity contribution is 7.88. The van der Waals surface area contributed by atoms with Gasteiger partial charge in [-0.25, -0.2) is 23.1 Å². The van der Waals surface area contributed by atoms with Gasteiger partial charge in [-0.15, -0.1) is 0 Å². The summed E-state index contributed by atoms with van der Waals surface area (Å²) in [5.74, 6) is 0. The molecule has 1 heterocycles. The molecule has 0 aliphatic carbocycles. The van der Waals surface area contributed by atoms with Crippen LogP contribution in [0.15, 0.2) is 12.5 Å². The molecule has 90 valence electrons. The number of hydrogen-bond donors (Lipinski definition) is 1. The van der Waals surface area contributed by atoms with Crippen molar-refractivity contribution in [3.05, 3.63) is 23.8 Å². The molecule has 1 rings (SSSR count). The lowest BCUT2D eigenvalue weighted by atomic mass is 9.89. The van der Waals surface area contributed by atoms with E-state index in [4.69, 9.17) is 0 Å². The van der Waals surface area contributed by atoms with Gasteiger partial charge in [-0.05, 0) is 0 Å².